The third-order valence-electron chi connectivity index (χ3n) is 2.19. The Morgan fingerprint density at radius 3 is 2.50 bits per heavy atom. The first-order valence-electron chi connectivity index (χ1n) is 5.08. The molecule has 0 aliphatic heterocycles. The Morgan fingerprint density at radius 1 is 1.38 bits per heavy atom. The highest BCUT2D eigenvalue weighted by Gasteiger charge is 2.15. The van der Waals surface area contributed by atoms with Gasteiger partial charge in [-0.25, -0.2) is 8.42 Å². The fourth-order valence-electron chi connectivity index (χ4n) is 1.32. The zero-order chi connectivity index (χ0) is 12.0. The molecule has 90 valence electrons. The van der Waals surface area contributed by atoms with Crippen LogP contribution in [0.25, 0.3) is 0 Å². The average molecular weight is 243 g/mol. The summed E-state index contributed by atoms with van der Waals surface area (Å²) in [7, 11) is -3.18. The molecular weight excluding hydrogens is 226 g/mol. The van der Waals surface area contributed by atoms with Gasteiger partial charge in [-0.05, 0) is 30.7 Å². The first-order chi connectivity index (χ1) is 7.54. The monoisotopic (exact) mass is 243 g/mol. The number of hydrogen-bond acceptors (Lipinski definition) is 4. The maximum Gasteiger partial charge on any atom is 0.211 e. The highest BCUT2D eigenvalue weighted by atomic mass is 32.2. The molecule has 5 nitrogen and oxygen atoms in total. The fraction of sp³-hybridized carbons (Fsp3) is 0.500. The first kappa shape index (κ1) is 13.1. The van der Waals surface area contributed by atoms with E-state index >= 15 is 0 Å². The zero-order valence-corrected chi connectivity index (χ0v) is 10.2. The minimum Gasteiger partial charge on any atom is -0.330 e. The maximum atomic E-state index is 11.5. The Balaban J connectivity index is 2.72. The van der Waals surface area contributed by atoms with E-state index in [0.717, 1.165) is 5.56 Å². The number of pyridine rings is 1. The molecule has 0 aromatic carbocycles. The summed E-state index contributed by atoms with van der Waals surface area (Å²) >= 11 is 0. The van der Waals surface area contributed by atoms with Crippen LogP contribution in [0.15, 0.2) is 24.5 Å². The van der Waals surface area contributed by atoms with Gasteiger partial charge in [-0.15, -0.1) is 0 Å². The van der Waals surface area contributed by atoms with Crippen molar-refractivity contribution in [1.82, 2.24) is 9.29 Å². The van der Waals surface area contributed by atoms with Gasteiger partial charge in [0.25, 0.3) is 0 Å². The second-order valence-corrected chi connectivity index (χ2v) is 5.58. The smallest absolute Gasteiger partial charge is 0.211 e. The summed E-state index contributed by atoms with van der Waals surface area (Å²) < 4.78 is 24.4. The summed E-state index contributed by atoms with van der Waals surface area (Å²) in [6.07, 6.45) is 5.18. The fourth-order valence-corrected chi connectivity index (χ4v) is 2.17. The van der Waals surface area contributed by atoms with Crippen LogP contribution in [0.1, 0.15) is 12.0 Å². The highest BCUT2D eigenvalue weighted by Crippen LogP contribution is 2.07. The van der Waals surface area contributed by atoms with Gasteiger partial charge in [0.15, 0.2) is 0 Å². The Kier molecular flexibility index (Phi) is 4.85. The van der Waals surface area contributed by atoms with Gasteiger partial charge in [-0.3, -0.25) is 4.98 Å². The van der Waals surface area contributed by atoms with E-state index in [0.29, 0.717) is 26.1 Å². The summed E-state index contributed by atoms with van der Waals surface area (Å²) in [5.74, 6) is 0. The van der Waals surface area contributed by atoms with Crippen LogP contribution in [0, 0.1) is 0 Å². The topological polar surface area (TPSA) is 76.3 Å². The largest absolute Gasteiger partial charge is 0.330 e. The summed E-state index contributed by atoms with van der Waals surface area (Å²) in [5.41, 5.74) is 6.31. The van der Waals surface area contributed by atoms with E-state index < -0.39 is 10.0 Å². The zero-order valence-electron chi connectivity index (χ0n) is 9.33. The van der Waals surface area contributed by atoms with E-state index in [-0.39, 0.29) is 0 Å². The molecule has 0 aliphatic carbocycles. The standard InChI is InChI=1S/C10H17N3O2S/c1-16(14,15)13(8-2-5-11)9-10-3-6-12-7-4-10/h3-4,6-7H,2,5,8-9,11H2,1H3. The van der Waals surface area contributed by atoms with Gasteiger partial charge in [0.05, 0.1) is 6.26 Å². The Hall–Kier alpha value is -0.980. The van der Waals surface area contributed by atoms with Gasteiger partial charge in [0, 0.05) is 25.5 Å². The maximum absolute atomic E-state index is 11.5. The van der Waals surface area contributed by atoms with Crippen molar-refractivity contribution in [2.45, 2.75) is 13.0 Å². The Labute approximate surface area is 96.3 Å². The molecule has 1 aromatic rings. The van der Waals surface area contributed by atoms with Crippen molar-refractivity contribution >= 4 is 10.0 Å². The molecule has 0 saturated carbocycles. The predicted octanol–water partition coefficient (Wildman–Crippen LogP) is 0.192. The van der Waals surface area contributed by atoms with Crippen LogP contribution < -0.4 is 5.73 Å². The van der Waals surface area contributed by atoms with E-state index in [9.17, 15) is 8.42 Å². The number of nitrogens with zero attached hydrogens (tertiary/aromatic N) is 2. The minimum absolute atomic E-state index is 0.376. The number of nitrogens with two attached hydrogens (primary N) is 1. The molecule has 1 rings (SSSR count). The predicted molar refractivity (Wildman–Crippen MR) is 63.2 cm³/mol. The van der Waals surface area contributed by atoms with E-state index in [4.69, 9.17) is 5.73 Å². The van der Waals surface area contributed by atoms with Crippen molar-refractivity contribution in [2.24, 2.45) is 5.73 Å². The van der Waals surface area contributed by atoms with E-state index in [1.54, 1.807) is 24.5 Å². The molecule has 0 amide bonds. The lowest BCUT2D eigenvalue weighted by molar-refractivity contribution is 0.405. The third-order valence-corrected chi connectivity index (χ3v) is 3.44. The summed E-state index contributed by atoms with van der Waals surface area (Å²) in [6.45, 7) is 1.32. The molecule has 0 fully saturated rings. The van der Waals surface area contributed by atoms with Crippen molar-refractivity contribution in [2.75, 3.05) is 19.3 Å². The van der Waals surface area contributed by atoms with Gasteiger partial charge in [-0.2, -0.15) is 4.31 Å². The van der Waals surface area contributed by atoms with E-state index in [2.05, 4.69) is 4.98 Å². The average Bonchev–Trinajstić information content (AvgIpc) is 2.24. The quantitative estimate of drug-likeness (QED) is 0.774. The molecule has 16 heavy (non-hydrogen) atoms. The lowest BCUT2D eigenvalue weighted by Crippen LogP contribution is -2.31. The molecule has 0 radical (unpaired) electrons. The Morgan fingerprint density at radius 2 is 2.00 bits per heavy atom. The molecule has 0 atom stereocenters. The minimum atomic E-state index is -3.18. The molecule has 6 heteroatoms. The number of hydrogen-bond donors (Lipinski definition) is 1. The van der Waals surface area contributed by atoms with E-state index in [1.807, 2.05) is 0 Å². The molecule has 1 aromatic heterocycles. The third kappa shape index (κ3) is 4.26. The van der Waals surface area contributed by atoms with Crippen LogP contribution in [0.3, 0.4) is 0 Å². The van der Waals surface area contributed by atoms with Crippen LogP contribution in [-0.4, -0.2) is 37.1 Å². The SMILES string of the molecule is CS(=O)(=O)N(CCCN)Cc1ccncc1. The van der Waals surface area contributed by atoms with Crippen LogP contribution in [0.4, 0.5) is 0 Å². The number of aromatic nitrogens is 1. The van der Waals surface area contributed by atoms with Crippen molar-refractivity contribution in [3.05, 3.63) is 30.1 Å². The molecule has 0 aliphatic rings. The molecule has 0 saturated heterocycles. The second kappa shape index (κ2) is 5.93. The van der Waals surface area contributed by atoms with Gasteiger partial charge in [-0.1, -0.05) is 0 Å². The van der Waals surface area contributed by atoms with Crippen molar-refractivity contribution in [3.8, 4) is 0 Å². The molecule has 0 spiro atoms. The molecule has 1 heterocycles. The van der Waals surface area contributed by atoms with Crippen molar-refractivity contribution in [1.29, 1.82) is 0 Å². The van der Waals surface area contributed by atoms with Gasteiger partial charge < -0.3 is 5.73 Å². The van der Waals surface area contributed by atoms with Crippen molar-refractivity contribution in [3.63, 3.8) is 0 Å². The van der Waals surface area contributed by atoms with Gasteiger partial charge in [0.1, 0.15) is 0 Å². The van der Waals surface area contributed by atoms with Crippen LogP contribution in [-0.2, 0) is 16.6 Å². The Bertz CT molecular complexity index is 405. The van der Waals surface area contributed by atoms with Crippen LogP contribution in [0.2, 0.25) is 0 Å². The van der Waals surface area contributed by atoms with Crippen LogP contribution >= 0.6 is 0 Å². The normalized spacial score (nSPS) is 11.9. The number of sulfonamides is 1. The van der Waals surface area contributed by atoms with Gasteiger partial charge >= 0.3 is 0 Å². The van der Waals surface area contributed by atoms with E-state index in [1.165, 1.54) is 10.6 Å². The van der Waals surface area contributed by atoms with Crippen LogP contribution in [0.5, 0.6) is 0 Å². The van der Waals surface area contributed by atoms with Crippen molar-refractivity contribution < 1.29 is 8.42 Å². The summed E-state index contributed by atoms with van der Waals surface area (Å²) in [5, 5.41) is 0. The lowest BCUT2D eigenvalue weighted by atomic mass is 10.2. The lowest BCUT2D eigenvalue weighted by Gasteiger charge is -2.19. The highest BCUT2D eigenvalue weighted by molar-refractivity contribution is 7.88. The summed E-state index contributed by atoms with van der Waals surface area (Å²) in [4.78, 5) is 3.89. The second-order valence-electron chi connectivity index (χ2n) is 3.59. The molecule has 2 N–H and O–H groups in total. The first-order valence-corrected chi connectivity index (χ1v) is 6.93. The molecule has 0 bridgehead atoms. The molecule has 0 unspecified atom stereocenters. The van der Waals surface area contributed by atoms with Gasteiger partial charge in [0.2, 0.25) is 10.0 Å². The summed E-state index contributed by atoms with van der Waals surface area (Å²) in [6, 6.07) is 3.61. The number of rotatable bonds is 6. The molecular formula is C10H17N3O2S.